The summed E-state index contributed by atoms with van der Waals surface area (Å²) in [6, 6.07) is -3.51. The molecule has 65 heavy (non-hydrogen) atoms. The van der Waals surface area contributed by atoms with Crippen molar-refractivity contribution in [3.05, 3.63) is 0 Å². The molecule has 0 aromatic heterocycles. The number of nitrogens with one attached hydrogen (secondary N) is 1. The number of rotatable bonds is 17. The Hall–Kier alpha value is -2.10. The molecule has 0 radical (unpaired) electrons. The largest absolute Gasteiger partial charge is 0.477 e. The molecule has 5 aliphatic heterocycles. The smallest absolute Gasteiger partial charge is 0.364 e. The minimum Gasteiger partial charge on any atom is -0.477 e. The van der Waals surface area contributed by atoms with Crippen LogP contribution in [0.15, 0.2) is 0 Å². The van der Waals surface area contributed by atoms with Crippen LogP contribution in [0.5, 0.6) is 0 Å². The fraction of sp³-hybridized carbons (Fsp3) is 0.943. The van der Waals surface area contributed by atoms with Crippen molar-refractivity contribution in [2.24, 2.45) is 5.73 Å². The first-order chi connectivity index (χ1) is 30.6. The van der Waals surface area contributed by atoms with Gasteiger partial charge in [-0.1, -0.05) is 0 Å². The second kappa shape index (κ2) is 22.5. The van der Waals surface area contributed by atoms with E-state index in [0.717, 1.165) is 6.92 Å². The molecule has 30 nitrogen and oxygen atoms in total. The summed E-state index contributed by atoms with van der Waals surface area (Å²) < 4.78 is 51.1. The van der Waals surface area contributed by atoms with E-state index in [2.05, 4.69) is 5.32 Å². The summed E-state index contributed by atoms with van der Waals surface area (Å²) in [4.78, 5) is 25.4. The van der Waals surface area contributed by atoms with Crippen LogP contribution in [-0.2, 0) is 52.2 Å². The predicted molar refractivity (Wildman–Crippen MR) is 197 cm³/mol. The standard InChI is InChI=1S/C35H60N2O28/c1-8(43)37-16-9(44)2-35(34(55)56,64-28(16)17(46)10(45)3-38)65-29-24(53)33(61-25-13(6-41)57-30(54)22(51)21(25)50)60-14(7-42)26(29)62-31-15(36)27(19(48)12(5-40)58-31)63-32-23(52)20(49)18(47)11(4-39)59-32/h9-33,38-42,44-54H,2-7,36H2,1H3,(H,37,43)(H,55,56)/t9-,10+,11+,12+,13+,14+,15+,16+,17+,18-,19-,20-,21+,22+,23+,24+,25+,26-,27+,28+,29+,30?,31-,32-,33-,35-/m0/s1. The van der Waals surface area contributed by atoms with E-state index in [1.54, 1.807) is 0 Å². The van der Waals surface area contributed by atoms with E-state index in [0.29, 0.717) is 0 Å². The number of aliphatic carboxylic acids is 1. The summed E-state index contributed by atoms with van der Waals surface area (Å²) in [5.74, 6) is -6.23. The monoisotopic (exact) mass is 956 g/mol. The number of hydrogen-bond acceptors (Lipinski definition) is 28. The van der Waals surface area contributed by atoms with Crippen molar-refractivity contribution in [1.82, 2.24) is 5.32 Å². The number of hydrogen-bond donors (Lipinski definition) is 19. The molecule has 5 fully saturated rings. The Morgan fingerprint density at radius 3 is 1.74 bits per heavy atom. The third-order valence-corrected chi connectivity index (χ3v) is 11.8. The van der Waals surface area contributed by atoms with Gasteiger partial charge in [-0.25, -0.2) is 4.79 Å². The molecule has 0 aromatic carbocycles. The zero-order valence-electron chi connectivity index (χ0n) is 34.3. The Morgan fingerprint density at radius 1 is 0.646 bits per heavy atom. The van der Waals surface area contributed by atoms with Crippen LogP contribution in [0.3, 0.4) is 0 Å². The van der Waals surface area contributed by atoms with Gasteiger partial charge in [0.15, 0.2) is 25.2 Å². The summed E-state index contributed by atoms with van der Waals surface area (Å²) in [6.07, 6.45) is -47.3. The quantitative estimate of drug-likeness (QED) is 0.0643. The van der Waals surface area contributed by atoms with Crippen LogP contribution in [0.2, 0.25) is 0 Å². The van der Waals surface area contributed by atoms with E-state index in [4.69, 9.17) is 48.4 Å². The number of carboxylic acids is 1. The van der Waals surface area contributed by atoms with E-state index in [-0.39, 0.29) is 0 Å². The number of ether oxygens (including phenoxy) is 9. The third-order valence-electron chi connectivity index (χ3n) is 11.8. The van der Waals surface area contributed by atoms with Gasteiger partial charge in [-0.15, -0.1) is 0 Å². The van der Waals surface area contributed by atoms with Gasteiger partial charge >= 0.3 is 5.97 Å². The Morgan fingerprint density at radius 2 is 1.17 bits per heavy atom. The zero-order valence-corrected chi connectivity index (χ0v) is 34.3. The first kappa shape index (κ1) is 53.8. The summed E-state index contributed by atoms with van der Waals surface area (Å²) >= 11 is 0. The molecule has 26 atom stereocenters. The van der Waals surface area contributed by atoms with E-state index in [1.165, 1.54) is 0 Å². The van der Waals surface area contributed by atoms with Crippen molar-refractivity contribution >= 4 is 11.9 Å². The molecule has 1 unspecified atom stereocenters. The van der Waals surface area contributed by atoms with Crippen molar-refractivity contribution in [2.75, 3.05) is 33.0 Å². The van der Waals surface area contributed by atoms with Gasteiger partial charge in [0.2, 0.25) is 5.91 Å². The molecule has 30 heteroatoms. The average Bonchev–Trinajstić information content (AvgIpc) is 3.27. The summed E-state index contributed by atoms with van der Waals surface area (Å²) in [5, 5.41) is 181. The molecular formula is C35H60N2O28. The van der Waals surface area contributed by atoms with Gasteiger partial charge < -0.3 is 140 Å². The zero-order chi connectivity index (χ0) is 48.4. The van der Waals surface area contributed by atoms with Gasteiger partial charge in [0.1, 0.15) is 110 Å². The fourth-order valence-electron chi connectivity index (χ4n) is 8.18. The number of carbonyl (C=O) groups excluding carboxylic acids is 1. The average molecular weight is 957 g/mol. The van der Waals surface area contributed by atoms with Gasteiger partial charge in [0.05, 0.1) is 51.2 Å². The van der Waals surface area contributed by atoms with Crippen molar-refractivity contribution < 1.29 is 139 Å². The topological polar surface area (TPSA) is 499 Å². The highest BCUT2D eigenvalue weighted by molar-refractivity contribution is 5.76. The predicted octanol–water partition coefficient (Wildman–Crippen LogP) is -12.6. The summed E-state index contributed by atoms with van der Waals surface area (Å²) in [6.45, 7) is -4.24. The molecule has 5 rings (SSSR count). The maximum Gasteiger partial charge on any atom is 0.364 e. The van der Waals surface area contributed by atoms with Gasteiger partial charge in [-0.2, -0.15) is 0 Å². The molecule has 20 N–H and O–H groups in total. The molecule has 0 aliphatic carbocycles. The van der Waals surface area contributed by atoms with E-state index >= 15 is 0 Å². The van der Waals surface area contributed by atoms with Crippen LogP contribution in [0, 0.1) is 0 Å². The molecular weight excluding hydrogens is 896 g/mol. The van der Waals surface area contributed by atoms with Crippen LogP contribution in [0.4, 0.5) is 0 Å². The highest BCUT2D eigenvalue weighted by atomic mass is 16.8. The number of aliphatic hydroxyl groups excluding tert-OH is 16. The number of carboxylic acid groups (broad SMARTS) is 1. The molecule has 378 valence electrons. The molecule has 5 heterocycles. The highest BCUT2D eigenvalue weighted by Gasteiger charge is 2.62. The second-order valence-electron chi connectivity index (χ2n) is 16.2. The van der Waals surface area contributed by atoms with Crippen LogP contribution in [-0.4, -0.2) is 291 Å². The van der Waals surface area contributed by atoms with E-state index < -0.39 is 210 Å². The van der Waals surface area contributed by atoms with Gasteiger partial charge in [0.25, 0.3) is 5.79 Å². The maximum atomic E-state index is 13.3. The second-order valence-corrected chi connectivity index (χ2v) is 16.2. The molecule has 5 aliphatic rings. The van der Waals surface area contributed by atoms with Gasteiger partial charge in [-0.05, 0) is 0 Å². The van der Waals surface area contributed by atoms with Gasteiger partial charge in [0, 0.05) is 13.3 Å². The van der Waals surface area contributed by atoms with Gasteiger partial charge in [-0.3, -0.25) is 4.79 Å². The minimum absolute atomic E-state index is 0.840. The fourth-order valence-corrected chi connectivity index (χ4v) is 8.18. The molecule has 0 aromatic rings. The first-order valence-corrected chi connectivity index (χ1v) is 20.3. The first-order valence-electron chi connectivity index (χ1n) is 20.3. The Balaban J connectivity index is 1.55. The molecule has 0 spiro atoms. The van der Waals surface area contributed by atoms with E-state index in [9.17, 15) is 96.4 Å². The number of carbonyl (C=O) groups is 2. The molecule has 1 amide bonds. The van der Waals surface area contributed by atoms with Crippen molar-refractivity contribution in [3.8, 4) is 0 Å². The van der Waals surface area contributed by atoms with Crippen LogP contribution < -0.4 is 11.1 Å². The Labute approximate surface area is 367 Å². The normalized spacial score (nSPS) is 48.3. The van der Waals surface area contributed by atoms with E-state index in [1.807, 2.05) is 0 Å². The van der Waals surface area contributed by atoms with Crippen molar-refractivity contribution in [3.63, 3.8) is 0 Å². The van der Waals surface area contributed by atoms with Crippen molar-refractivity contribution in [2.45, 2.75) is 172 Å². The minimum atomic E-state index is -3.28. The number of aliphatic hydroxyl groups is 16. The Bertz CT molecular complexity index is 1540. The SMILES string of the molecule is CC(=O)N[C@H]1[C@H]([C@H](O)[C@H](O)CO)O[C@@](O[C@@H]2[C@@H](O)[C@H](O[C@H]3[C@H](O)[C@@H](O)C(O)O[C@@H]3CO)O[C@H](CO)[C@@H]2O[C@@H]2O[C@H](CO)[C@H](O)[C@H](O[C@@H]3O[C@H](CO)[C@H](O)[C@H](O)[C@H]3O)[C@H]2N)(C(=O)O)C[C@@H]1O. The molecule has 0 bridgehead atoms. The summed E-state index contributed by atoms with van der Waals surface area (Å²) in [7, 11) is 0. The van der Waals surface area contributed by atoms with Crippen molar-refractivity contribution in [1.29, 1.82) is 0 Å². The molecule has 0 saturated carbocycles. The maximum absolute atomic E-state index is 13.3. The lowest BCUT2D eigenvalue weighted by molar-refractivity contribution is -0.402. The lowest BCUT2D eigenvalue weighted by atomic mass is 9.88. The lowest BCUT2D eigenvalue weighted by Crippen LogP contribution is -2.72. The summed E-state index contributed by atoms with van der Waals surface area (Å²) in [5.41, 5.74) is 6.44. The lowest BCUT2D eigenvalue weighted by Gasteiger charge is -2.52. The van der Waals surface area contributed by atoms with Crippen LogP contribution in [0.1, 0.15) is 13.3 Å². The number of amides is 1. The van der Waals surface area contributed by atoms with Crippen LogP contribution in [0.25, 0.3) is 0 Å². The molecule has 5 saturated heterocycles. The highest BCUT2D eigenvalue weighted by Crippen LogP contribution is 2.40. The Kier molecular flexibility index (Phi) is 18.7. The number of nitrogens with two attached hydrogens (primary N) is 1. The third kappa shape index (κ3) is 11.2. The van der Waals surface area contributed by atoms with Crippen LogP contribution >= 0.6 is 0 Å².